The van der Waals surface area contributed by atoms with E-state index in [2.05, 4.69) is 10.6 Å². The van der Waals surface area contributed by atoms with Crippen LogP contribution in [0.3, 0.4) is 0 Å². The van der Waals surface area contributed by atoms with Crippen molar-refractivity contribution in [3.05, 3.63) is 41.6 Å². The molecule has 24 heavy (non-hydrogen) atoms. The predicted molar refractivity (Wildman–Crippen MR) is 95.7 cm³/mol. The predicted octanol–water partition coefficient (Wildman–Crippen LogP) is 2.76. The standard InChI is InChI=1S/C16H22N2O4.C2H6/c1-4-12(17-10-16(2,3)22)13(15(20)21)14(19)18-11-8-6-5-7-9-11;1-2/h5-9,17,22H,4,10H2,1-3H3,(H,18,19)(H,20,21);1-2H3/b13-12+;. The van der Waals surface area contributed by atoms with Gasteiger partial charge in [0.15, 0.2) is 0 Å². The summed E-state index contributed by atoms with van der Waals surface area (Å²) in [7, 11) is 0. The number of allylic oxidation sites excluding steroid dienone is 1. The average Bonchev–Trinajstić information content (AvgIpc) is 2.52. The number of hydrogen-bond donors (Lipinski definition) is 4. The molecule has 6 nitrogen and oxygen atoms in total. The highest BCUT2D eigenvalue weighted by atomic mass is 16.4. The number of rotatable bonds is 7. The number of benzene rings is 1. The van der Waals surface area contributed by atoms with E-state index in [-0.39, 0.29) is 17.8 Å². The van der Waals surface area contributed by atoms with Crippen LogP contribution in [0.25, 0.3) is 0 Å². The van der Waals surface area contributed by atoms with E-state index in [0.29, 0.717) is 12.1 Å². The van der Waals surface area contributed by atoms with E-state index >= 15 is 0 Å². The molecule has 0 aromatic heterocycles. The zero-order chi connectivity index (χ0) is 18.8. The Morgan fingerprint density at radius 2 is 1.67 bits per heavy atom. The van der Waals surface area contributed by atoms with Crippen molar-refractivity contribution in [3.8, 4) is 0 Å². The maximum Gasteiger partial charge on any atom is 0.343 e. The van der Waals surface area contributed by atoms with E-state index in [9.17, 15) is 19.8 Å². The number of anilines is 1. The van der Waals surface area contributed by atoms with Gasteiger partial charge in [-0.1, -0.05) is 39.0 Å². The molecule has 0 atom stereocenters. The van der Waals surface area contributed by atoms with E-state index < -0.39 is 17.5 Å². The Morgan fingerprint density at radius 3 is 2.08 bits per heavy atom. The summed E-state index contributed by atoms with van der Waals surface area (Å²) in [5.41, 5.74) is -0.567. The number of hydrogen-bond acceptors (Lipinski definition) is 4. The van der Waals surface area contributed by atoms with Gasteiger partial charge in [0.05, 0.1) is 5.60 Å². The van der Waals surface area contributed by atoms with Crippen LogP contribution >= 0.6 is 0 Å². The lowest BCUT2D eigenvalue weighted by Crippen LogP contribution is -2.36. The molecule has 0 fully saturated rings. The second-order valence-corrected chi connectivity index (χ2v) is 5.50. The third-order valence-corrected chi connectivity index (χ3v) is 2.86. The zero-order valence-electron chi connectivity index (χ0n) is 15.0. The number of carboxylic acid groups (broad SMARTS) is 1. The molecule has 0 saturated heterocycles. The first-order valence-electron chi connectivity index (χ1n) is 8.03. The van der Waals surface area contributed by atoms with Crippen molar-refractivity contribution >= 4 is 17.6 Å². The molecule has 1 rings (SSSR count). The summed E-state index contributed by atoms with van der Waals surface area (Å²) in [4.78, 5) is 23.7. The minimum Gasteiger partial charge on any atom is -0.477 e. The number of amides is 1. The van der Waals surface area contributed by atoms with Crippen LogP contribution in [0.5, 0.6) is 0 Å². The van der Waals surface area contributed by atoms with Gasteiger partial charge >= 0.3 is 5.97 Å². The molecule has 0 aliphatic heterocycles. The molecule has 0 bridgehead atoms. The van der Waals surface area contributed by atoms with E-state index in [0.717, 1.165) is 0 Å². The van der Waals surface area contributed by atoms with E-state index in [1.165, 1.54) is 0 Å². The van der Waals surface area contributed by atoms with Crippen LogP contribution in [0.2, 0.25) is 0 Å². The summed E-state index contributed by atoms with van der Waals surface area (Å²) in [6, 6.07) is 8.63. The molecule has 134 valence electrons. The first-order chi connectivity index (χ1) is 11.2. The SMILES string of the molecule is CC.CC/C(NCC(C)(C)O)=C(\C(=O)O)C(=O)Nc1ccccc1. The van der Waals surface area contributed by atoms with Crippen LogP contribution in [0.4, 0.5) is 5.69 Å². The molecule has 1 aromatic rings. The van der Waals surface area contributed by atoms with Gasteiger partial charge in [-0.3, -0.25) is 4.79 Å². The highest BCUT2D eigenvalue weighted by molar-refractivity contribution is 6.21. The Bertz CT molecular complexity index is 560. The Morgan fingerprint density at radius 1 is 1.12 bits per heavy atom. The third kappa shape index (κ3) is 7.78. The van der Waals surface area contributed by atoms with Gasteiger partial charge in [0.2, 0.25) is 0 Å². The second-order valence-electron chi connectivity index (χ2n) is 5.50. The summed E-state index contributed by atoms with van der Waals surface area (Å²) >= 11 is 0. The number of aliphatic carboxylic acids is 1. The Balaban J connectivity index is 0.00000254. The average molecular weight is 336 g/mol. The number of aliphatic hydroxyl groups is 1. The summed E-state index contributed by atoms with van der Waals surface area (Å²) in [6.07, 6.45) is 0.333. The van der Waals surface area contributed by atoms with E-state index in [1.807, 2.05) is 13.8 Å². The minimum atomic E-state index is -1.31. The highest BCUT2D eigenvalue weighted by Gasteiger charge is 2.23. The smallest absolute Gasteiger partial charge is 0.343 e. The largest absolute Gasteiger partial charge is 0.477 e. The maximum atomic E-state index is 12.2. The lowest BCUT2D eigenvalue weighted by Gasteiger charge is -2.21. The van der Waals surface area contributed by atoms with Gasteiger partial charge in [0.25, 0.3) is 5.91 Å². The van der Waals surface area contributed by atoms with Gasteiger partial charge in [-0.25, -0.2) is 4.79 Å². The van der Waals surface area contributed by atoms with Crippen LogP contribution in [-0.4, -0.2) is 34.2 Å². The van der Waals surface area contributed by atoms with Crippen molar-refractivity contribution in [2.45, 2.75) is 46.6 Å². The summed E-state index contributed by atoms with van der Waals surface area (Å²) in [6.45, 7) is 9.08. The van der Waals surface area contributed by atoms with Crippen LogP contribution in [0, 0.1) is 0 Å². The molecule has 0 aliphatic carbocycles. The second kappa shape index (κ2) is 10.4. The fourth-order valence-corrected chi connectivity index (χ4v) is 1.79. The summed E-state index contributed by atoms with van der Waals surface area (Å²) < 4.78 is 0. The molecule has 0 radical (unpaired) electrons. The van der Waals surface area contributed by atoms with Gasteiger partial charge in [0, 0.05) is 17.9 Å². The van der Waals surface area contributed by atoms with E-state index in [4.69, 9.17) is 0 Å². The Labute approximate surface area is 143 Å². The molecular formula is C18H28N2O4. The molecule has 1 amide bonds. The quantitative estimate of drug-likeness (QED) is 0.349. The lowest BCUT2D eigenvalue weighted by atomic mass is 10.1. The van der Waals surface area contributed by atoms with Crippen molar-refractivity contribution in [2.24, 2.45) is 0 Å². The number of para-hydroxylation sites is 1. The highest BCUT2D eigenvalue weighted by Crippen LogP contribution is 2.13. The van der Waals surface area contributed by atoms with Crippen molar-refractivity contribution < 1.29 is 19.8 Å². The topological polar surface area (TPSA) is 98.7 Å². The normalized spacial score (nSPS) is 11.6. The molecule has 0 aliphatic rings. The summed E-state index contributed by atoms with van der Waals surface area (Å²) in [5.74, 6) is -2.01. The Hall–Kier alpha value is -2.34. The van der Waals surface area contributed by atoms with Crippen molar-refractivity contribution in [1.82, 2.24) is 5.32 Å². The summed E-state index contributed by atoms with van der Waals surface area (Å²) in [5, 5.41) is 24.5. The molecule has 0 unspecified atom stereocenters. The molecule has 0 heterocycles. The number of carbonyl (C=O) groups is 2. The fourth-order valence-electron chi connectivity index (χ4n) is 1.79. The van der Waals surface area contributed by atoms with Crippen molar-refractivity contribution in [3.63, 3.8) is 0 Å². The van der Waals surface area contributed by atoms with Crippen LogP contribution in [0.1, 0.15) is 41.0 Å². The number of carboxylic acids is 1. The Kier molecular flexibility index (Phi) is 9.42. The first-order valence-corrected chi connectivity index (χ1v) is 8.03. The molecule has 0 saturated carbocycles. The van der Waals surface area contributed by atoms with Gasteiger partial charge < -0.3 is 20.8 Å². The number of carbonyl (C=O) groups excluding carboxylic acids is 1. The fraction of sp³-hybridized carbons (Fsp3) is 0.444. The van der Waals surface area contributed by atoms with Gasteiger partial charge in [-0.15, -0.1) is 0 Å². The monoisotopic (exact) mass is 336 g/mol. The zero-order valence-corrected chi connectivity index (χ0v) is 15.0. The van der Waals surface area contributed by atoms with Crippen LogP contribution < -0.4 is 10.6 Å². The van der Waals surface area contributed by atoms with Gasteiger partial charge in [0.1, 0.15) is 5.57 Å². The maximum absolute atomic E-state index is 12.2. The first kappa shape index (κ1) is 21.7. The lowest BCUT2D eigenvalue weighted by molar-refractivity contribution is -0.134. The van der Waals surface area contributed by atoms with Crippen molar-refractivity contribution in [2.75, 3.05) is 11.9 Å². The third-order valence-electron chi connectivity index (χ3n) is 2.86. The molecule has 4 N–H and O–H groups in total. The van der Waals surface area contributed by atoms with Gasteiger partial charge in [-0.2, -0.15) is 0 Å². The molecule has 0 spiro atoms. The molecular weight excluding hydrogens is 308 g/mol. The minimum absolute atomic E-state index is 0.144. The van der Waals surface area contributed by atoms with Gasteiger partial charge in [-0.05, 0) is 32.4 Å². The van der Waals surface area contributed by atoms with Crippen LogP contribution in [-0.2, 0) is 9.59 Å². The number of nitrogens with one attached hydrogen (secondary N) is 2. The van der Waals surface area contributed by atoms with Crippen molar-refractivity contribution in [1.29, 1.82) is 0 Å². The molecule has 6 heteroatoms. The molecule has 1 aromatic carbocycles. The van der Waals surface area contributed by atoms with E-state index in [1.54, 1.807) is 51.1 Å². The van der Waals surface area contributed by atoms with Crippen LogP contribution in [0.15, 0.2) is 41.6 Å².